The van der Waals surface area contributed by atoms with E-state index in [4.69, 9.17) is 11.6 Å². The Morgan fingerprint density at radius 3 is 2.68 bits per heavy atom. The second-order valence-corrected chi connectivity index (χ2v) is 5.02. The Hall–Kier alpha value is -1.62. The van der Waals surface area contributed by atoms with E-state index in [0.717, 1.165) is 12.8 Å². The first-order valence-corrected chi connectivity index (χ1v) is 6.61. The highest BCUT2D eigenvalue weighted by molar-refractivity contribution is 6.33. The fraction of sp³-hybridized carbons (Fsp3) is 0.462. The highest BCUT2D eigenvalue weighted by atomic mass is 35.5. The topological polar surface area (TPSA) is 62.3 Å². The molecule has 0 saturated carbocycles. The molecule has 0 aromatic carbocycles. The average molecular weight is 282 g/mol. The fourth-order valence-corrected chi connectivity index (χ4v) is 2.34. The molecule has 1 aromatic heterocycles. The minimum atomic E-state index is -0.209. The van der Waals surface area contributed by atoms with Crippen LogP contribution in [0.25, 0.3) is 0 Å². The van der Waals surface area contributed by atoms with E-state index in [9.17, 15) is 9.59 Å². The van der Waals surface area contributed by atoms with E-state index in [-0.39, 0.29) is 17.9 Å². The lowest BCUT2D eigenvalue weighted by molar-refractivity contribution is -0.129. The first-order valence-electron chi connectivity index (χ1n) is 6.24. The lowest BCUT2D eigenvalue weighted by Gasteiger charge is -2.31. The zero-order chi connectivity index (χ0) is 13.8. The van der Waals surface area contributed by atoms with Crippen molar-refractivity contribution in [1.82, 2.24) is 15.2 Å². The predicted molar refractivity (Wildman–Crippen MR) is 72.0 cm³/mol. The molecule has 1 aliphatic heterocycles. The van der Waals surface area contributed by atoms with Crippen molar-refractivity contribution in [2.75, 3.05) is 13.1 Å². The summed E-state index contributed by atoms with van der Waals surface area (Å²) in [4.78, 5) is 28.9. The molecule has 0 spiro atoms. The molecule has 6 heteroatoms. The highest BCUT2D eigenvalue weighted by Crippen LogP contribution is 2.15. The van der Waals surface area contributed by atoms with Gasteiger partial charge in [0.05, 0.1) is 10.6 Å². The van der Waals surface area contributed by atoms with Crippen LogP contribution >= 0.6 is 11.6 Å². The van der Waals surface area contributed by atoms with Gasteiger partial charge in [-0.1, -0.05) is 11.6 Å². The van der Waals surface area contributed by atoms with Gasteiger partial charge in [-0.2, -0.15) is 0 Å². The van der Waals surface area contributed by atoms with Gasteiger partial charge in [0.15, 0.2) is 0 Å². The van der Waals surface area contributed by atoms with E-state index in [2.05, 4.69) is 10.3 Å². The predicted octanol–water partition coefficient (Wildman–Crippen LogP) is 1.48. The zero-order valence-electron chi connectivity index (χ0n) is 10.7. The van der Waals surface area contributed by atoms with E-state index in [1.807, 2.05) is 0 Å². The van der Waals surface area contributed by atoms with Crippen LogP contribution in [0, 0.1) is 0 Å². The molecule has 1 fully saturated rings. The molecule has 0 atom stereocenters. The summed E-state index contributed by atoms with van der Waals surface area (Å²) in [7, 11) is 0. The van der Waals surface area contributed by atoms with Gasteiger partial charge in [-0.25, -0.2) is 0 Å². The molecule has 0 aliphatic carbocycles. The Labute approximate surface area is 117 Å². The van der Waals surface area contributed by atoms with Gasteiger partial charge in [-0.05, 0) is 18.9 Å². The number of nitrogens with zero attached hydrogens (tertiary/aromatic N) is 2. The van der Waals surface area contributed by atoms with Crippen LogP contribution in [0.4, 0.5) is 0 Å². The van der Waals surface area contributed by atoms with E-state index in [0.29, 0.717) is 23.7 Å². The van der Waals surface area contributed by atoms with Crippen LogP contribution in [0.1, 0.15) is 30.1 Å². The van der Waals surface area contributed by atoms with E-state index in [1.54, 1.807) is 24.1 Å². The molecule has 1 aliphatic rings. The largest absolute Gasteiger partial charge is 0.349 e. The van der Waals surface area contributed by atoms with Crippen molar-refractivity contribution in [3.63, 3.8) is 0 Å². The summed E-state index contributed by atoms with van der Waals surface area (Å²) >= 11 is 5.95. The van der Waals surface area contributed by atoms with Crippen molar-refractivity contribution in [3.05, 3.63) is 29.0 Å². The lowest BCUT2D eigenvalue weighted by atomic mass is 10.0. The smallest absolute Gasteiger partial charge is 0.254 e. The van der Waals surface area contributed by atoms with Gasteiger partial charge in [-0.15, -0.1) is 0 Å². The van der Waals surface area contributed by atoms with Crippen LogP contribution in [0.2, 0.25) is 5.02 Å². The van der Waals surface area contributed by atoms with Gasteiger partial charge in [0.25, 0.3) is 5.91 Å². The monoisotopic (exact) mass is 281 g/mol. The van der Waals surface area contributed by atoms with Crippen molar-refractivity contribution in [3.8, 4) is 0 Å². The summed E-state index contributed by atoms with van der Waals surface area (Å²) in [6, 6.07) is 1.67. The number of pyridine rings is 1. The number of piperidine rings is 1. The molecule has 102 valence electrons. The normalized spacial score (nSPS) is 16.2. The minimum Gasteiger partial charge on any atom is -0.349 e. The number of carbonyl (C=O) groups is 2. The number of halogens is 1. The number of likely N-dealkylation sites (tertiary alicyclic amines) is 1. The molecule has 0 unspecified atom stereocenters. The number of rotatable bonds is 2. The maximum Gasteiger partial charge on any atom is 0.254 e. The Morgan fingerprint density at radius 1 is 1.42 bits per heavy atom. The molecule has 2 amide bonds. The zero-order valence-corrected chi connectivity index (χ0v) is 11.5. The number of hydrogen-bond acceptors (Lipinski definition) is 3. The summed E-state index contributed by atoms with van der Waals surface area (Å²) < 4.78 is 0. The molecule has 19 heavy (non-hydrogen) atoms. The molecule has 1 saturated heterocycles. The lowest BCUT2D eigenvalue weighted by Crippen LogP contribution is -2.46. The quantitative estimate of drug-likeness (QED) is 0.893. The van der Waals surface area contributed by atoms with Crippen LogP contribution in [0.5, 0.6) is 0 Å². The molecule has 1 aromatic rings. The van der Waals surface area contributed by atoms with Gasteiger partial charge in [0.2, 0.25) is 5.91 Å². The molecule has 0 radical (unpaired) electrons. The standard InChI is InChI=1S/C13H16ClN3O2/c1-9(18)17-6-3-10(4-7-17)16-13(19)11-8-15-5-2-12(11)14/h2,5,8,10H,3-4,6-7H2,1H3,(H,16,19). The van der Waals surface area contributed by atoms with E-state index in [1.165, 1.54) is 6.20 Å². The maximum atomic E-state index is 12.0. The molecule has 2 rings (SSSR count). The van der Waals surface area contributed by atoms with Crippen molar-refractivity contribution in [2.24, 2.45) is 0 Å². The molecule has 1 N–H and O–H groups in total. The Morgan fingerprint density at radius 2 is 2.11 bits per heavy atom. The maximum absolute atomic E-state index is 12.0. The van der Waals surface area contributed by atoms with Crippen LogP contribution in [0.3, 0.4) is 0 Å². The molecule has 2 heterocycles. The van der Waals surface area contributed by atoms with Gasteiger partial charge in [0.1, 0.15) is 0 Å². The number of aromatic nitrogens is 1. The van der Waals surface area contributed by atoms with Gasteiger partial charge >= 0.3 is 0 Å². The second-order valence-electron chi connectivity index (χ2n) is 4.61. The summed E-state index contributed by atoms with van der Waals surface area (Å²) in [6.07, 6.45) is 4.54. The fourth-order valence-electron chi connectivity index (χ4n) is 2.15. The number of carbonyl (C=O) groups excluding carboxylic acids is 2. The van der Waals surface area contributed by atoms with Crippen LogP contribution < -0.4 is 5.32 Å². The van der Waals surface area contributed by atoms with E-state index < -0.39 is 0 Å². The summed E-state index contributed by atoms with van der Waals surface area (Å²) in [5, 5.41) is 3.33. The van der Waals surface area contributed by atoms with Crippen molar-refractivity contribution < 1.29 is 9.59 Å². The Balaban J connectivity index is 1.91. The number of nitrogens with one attached hydrogen (secondary N) is 1. The SMILES string of the molecule is CC(=O)N1CCC(NC(=O)c2cnccc2Cl)CC1. The number of hydrogen-bond donors (Lipinski definition) is 1. The van der Waals surface area contributed by atoms with Gasteiger partial charge < -0.3 is 10.2 Å². The molecule has 5 nitrogen and oxygen atoms in total. The summed E-state index contributed by atoms with van der Waals surface area (Å²) in [5.41, 5.74) is 0.387. The molecule has 0 bridgehead atoms. The third-order valence-corrected chi connectivity index (χ3v) is 3.62. The second kappa shape index (κ2) is 6.02. The molecular weight excluding hydrogens is 266 g/mol. The average Bonchev–Trinajstić information content (AvgIpc) is 2.39. The van der Waals surface area contributed by atoms with Crippen LogP contribution in [-0.2, 0) is 4.79 Å². The Bertz CT molecular complexity index is 485. The first kappa shape index (κ1) is 13.8. The summed E-state index contributed by atoms with van der Waals surface area (Å²) in [5.74, 6) is -0.126. The van der Waals surface area contributed by atoms with Crippen molar-refractivity contribution in [1.29, 1.82) is 0 Å². The van der Waals surface area contributed by atoms with Crippen LogP contribution in [0.15, 0.2) is 18.5 Å². The van der Waals surface area contributed by atoms with Crippen molar-refractivity contribution in [2.45, 2.75) is 25.8 Å². The van der Waals surface area contributed by atoms with Gasteiger partial charge in [0, 0.05) is 38.4 Å². The van der Waals surface area contributed by atoms with Crippen LogP contribution in [-0.4, -0.2) is 40.8 Å². The Kier molecular flexibility index (Phi) is 4.37. The summed E-state index contributed by atoms with van der Waals surface area (Å²) in [6.45, 7) is 2.93. The third kappa shape index (κ3) is 3.44. The first-order chi connectivity index (χ1) is 9.08. The minimum absolute atomic E-state index is 0.0828. The molecular formula is C13H16ClN3O2. The van der Waals surface area contributed by atoms with E-state index >= 15 is 0 Å². The highest BCUT2D eigenvalue weighted by Gasteiger charge is 2.22. The van der Waals surface area contributed by atoms with Crippen molar-refractivity contribution >= 4 is 23.4 Å². The number of amides is 2. The third-order valence-electron chi connectivity index (χ3n) is 3.29. The van der Waals surface area contributed by atoms with Gasteiger partial charge in [-0.3, -0.25) is 14.6 Å².